The van der Waals surface area contributed by atoms with Crippen LogP contribution in [0.15, 0.2) is 28.7 Å². The number of nitrogens with zero attached hydrogens (tertiary/aromatic N) is 2. The fraction of sp³-hybridized carbons (Fsp3) is 0.412. The van der Waals surface area contributed by atoms with Crippen LogP contribution in [-0.4, -0.2) is 30.8 Å². The number of halogens is 4. The molecule has 27 heavy (non-hydrogen) atoms. The SMILES string of the molecule is CN=C(NCc1ccc(C)cc1OCC(F)(F)F)NCc1scnc1C.I. The number of hydrogen-bond acceptors (Lipinski definition) is 4. The molecule has 0 bridgehead atoms. The molecule has 0 atom stereocenters. The lowest BCUT2D eigenvalue weighted by atomic mass is 10.1. The first-order chi connectivity index (χ1) is 12.3. The Bertz CT molecular complexity index is 765. The van der Waals surface area contributed by atoms with Crippen LogP contribution in [0.4, 0.5) is 13.2 Å². The third-order valence-electron chi connectivity index (χ3n) is 3.55. The number of aliphatic imine (C=N–C) groups is 1. The Morgan fingerprint density at radius 2 is 1.93 bits per heavy atom. The average Bonchev–Trinajstić information content (AvgIpc) is 2.99. The number of hydrogen-bond donors (Lipinski definition) is 2. The molecule has 1 heterocycles. The van der Waals surface area contributed by atoms with Crippen LogP contribution in [0, 0.1) is 13.8 Å². The minimum absolute atomic E-state index is 0. The third-order valence-corrected chi connectivity index (χ3v) is 4.48. The molecule has 2 N–H and O–H groups in total. The molecule has 0 aliphatic carbocycles. The zero-order valence-electron chi connectivity index (χ0n) is 15.2. The van der Waals surface area contributed by atoms with Crippen molar-refractivity contribution in [3.8, 4) is 5.75 Å². The van der Waals surface area contributed by atoms with Crippen molar-refractivity contribution in [2.75, 3.05) is 13.7 Å². The van der Waals surface area contributed by atoms with Gasteiger partial charge in [-0.05, 0) is 25.5 Å². The van der Waals surface area contributed by atoms with Crippen LogP contribution in [0.25, 0.3) is 0 Å². The van der Waals surface area contributed by atoms with Crippen molar-refractivity contribution in [2.24, 2.45) is 4.99 Å². The highest BCUT2D eigenvalue weighted by Crippen LogP contribution is 2.23. The predicted molar refractivity (Wildman–Crippen MR) is 112 cm³/mol. The molecule has 2 rings (SSSR count). The summed E-state index contributed by atoms with van der Waals surface area (Å²) < 4.78 is 42.3. The summed E-state index contributed by atoms with van der Waals surface area (Å²) in [5.74, 6) is 0.753. The summed E-state index contributed by atoms with van der Waals surface area (Å²) in [4.78, 5) is 9.40. The van der Waals surface area contributed by atoms with Gasteiger partial charge < -0.3 is 15.4 Å². The van der Waals surface area contributed by atoms with E-state index >= 15 is 0 Å². The first-order valence-corrected chi connectivity index (χ1v) is 8.79. The second kappa shape index (κ2) is 10.7. The van der Waals surface area contributed by atoms with Crippen LogP contribution >= 0.6 is 35.3 Å². The summed E-state index contributed by atoms with van der Waals surface area (Å²) in [5, 5.41) is 6.24. The van der Waals surface area contributed by atoms with Gasteiger partial charge >= 0.3 is 6.18 Å². The topological polar surface area (TPSA) is 58.5 Å². The first-order valence-electron chi connectivity index (χ1n) is 7.91. The maximum Gasteiger partial charge on any atom is 0.422 e. The molecule has 1 aromatic heterocycles. The standard InChI is InChI=1S/C17H21F3N4OS.HI/c1-11-4-5-13(14(6-11)25-9-17(18,19)20)7-22-16(21-3)23-8-15-12(2)24-10-26-15;/h4-6,10H,7-9H2,1-3H3,(H2,21,22,23);1H. The lowest BCUT2D eigenvalue weighted by molar-refractivity contribution is -0.153. The number of aryl methyl sites for hydroxylation is 2. The van der Waals surface area contributed by atoms with E-state index in [0.29, 0.717) is 18.1 Å². The van der Waals surface area contributed by atoms with Crippen molar-refractivity contribution in [2.45, 2.75) is 33.1 Å². The molecule has 5 nitrogen and oxygen atoms in total. The Morgan fingerprint density at radius 3 is 2.52 bits per heavy atom. The maximum atomic E-state index is 12.4. The van der Waals surface area contributed by atoms with Crippen molar-refractivity contribution in [1.29, 1.82) is 0 Å². The number of ether oxygens (including phenoxy) is 1. The number of rotatable bonds is 6. The number of guanidine groups is 1. The first kappa shape index (κ1) is 23.5. The normalized spacial score (nSPS) is 11.7. The van der Waals surface area contributed by atoms with Crippen LogP contribution in [0.2, 0.25) is 0 Å². The van der Waals surface area contributed by atoms with Gasteiger partial charge in [0.25, 0.3) is 0 Å². The Hall–Kier alpha value is -1.56. The fourth-order valence-corrected chi connectivity index (χ4v) is 2.88. The summed E-state index contributed by atoms with van der Waals surface area (Å²) in [5.41, 5.74) is 4.18. The minimum Gasteiger partial charge on any atom is -0.484 e. The van der Waals surface area contributed by atoms with Crippen LogP contribution in [0.1, 0.15) is 21.7 Å². The monoisotopic (exact) mass is 514 g/mol. The Kier molecular flexibility index (Phi) is 9.30. The summed E-state index contributed by atoms with van der Waals surface area (Å²) in [6, 6.07) is 5.17. The van der Waals surface area contributed by atoms with Crippen LogP contribution in [0.5, 0.6) is 5.75 Å². The molecule has 10 heteroatoms. The van der Waals surface area contributed by atoms with Gasteiger partial charge in [0.1, 0.15) is 5.75 Å². The molecule has 0 saturated carbocycles. The molecule has 150 valence electrons. The van der Waals surface area contributed by atoms with Crippen molar-refractivity contribution in [3.63, 3.8) is 0 Å². The van der Waals surface area contributed by atoms with Crippen molar-refractivity contribution in [3.05, 3.63) is 45.4 Å². The van der Waals surface area contributed by atoms with E-state index in [1.54, 1.807) is 43.0 Å². The maximum absolute atomic E-state index is 12.4. The fourth-order valence-electron chi connectivity index (χ4n) is 2.16. The van der Waals surface area contributed by atoms with Crippen LogP contribution in [0.3, 0.4) is 0 Å². The van der Waals surface area contributed by atoms with Crippen molar-refractivity contribution < 1.29 is 17.9 Å². The summed E-state index contributed by atoms with van der Waals surface area (Å²) in [6.45, 7) is 3.27. The van der Waals surface area contributed by atoms with Gasteiger partial charge in [-0.2, -0.15) is 13.2 Å². The molecule has 0 amide bonds. The number of alkyl halides is 3. The van der Waals surface area contributed by atoms with E-state index in [4.69, 9.17) is 4.74 Å². The molecule has 0 saturated heterocycles. The number of thiazole rings is 1. The number of aromatic nitrogens is 1. The van der Waals surface area contributed by atoms with Crippen molar-refractivity contribution in [1.82, 2.24) is 15.6 Å². The molecule has 0 spiro atoms. The lowest BCUT2D eigenvalue weighted by Crippen LogP contribution is -2.36. The van der Waals surface area contributed by atoms with Crippen LogP contribution in [-0.2, 0) is 13.1 Å². The van der Waals surface area contributed by atoms with Gasteiger partial charge in [0, 0.05) is 24.0 Å². The smallest absolute Gasteiger partial charge is 0.422 e. The molecular formula is C17H22F3IN4OS. The van der Waals surface area contributed by atoms with E-state index in [2.05, 4.69) is 20.6 Å². The van der Waals surface area contributed by atoms with Gasteiger partial charge in [0.15, 0.2) is 12.6 Å². The summed E-state index contributed by atoms with van der Waals surface area (Å²) in [7, 11) is 1.63. The second-order valence-electron chi connectivity index (χ2n) is 5.66. The van der Waals surface area contributed by atoms with E-state index in [1.165, 1.54) is 0 Å². The third kappa shape index (κ3) is 7.91. The molecular weight excluding hydrogens is 492 g/mol. The Morgan fingerprint density at radius 1 is 1.22 bits per heavy atom. The molecule has 0 aliphatic rings. The minimum atomic E-state index is -4.38. The molecule has 0 unspecified atom stereocenters. The van der Waals surface area contributed by atoms with Gasteiger partial charge in [0.05, 0.1) is 17.7 Å². The van der Waals surface area contributed by atoms with Crippen molar-refractivity contribution >= 4 is 41.3 Å². The van der Waals surface area contributed by atoms with Gasteiger partial charge in [0.2, 0.25) is 0 Å². The Labute approximate surface area is 177 Å². The largest absolute Gasteiger partial charge is 0.484 e. The van der Waals surface area contributed by atoms with E-state index in [1.807, 2.05) is 13.0 Å². The zero-order chi connectivity index (χ0) is 19.2. The highest BCUT2D eigenvalue weighted by Gasteiger charge is 2.28. The molecule has 0 fully saturated rings. The lowest BCUT2D eigenvalue weighted by Gasteiger charge is -2.16. The van der Waals surface area contributed by atoms with E-state index in [0.717, 1.165) is 16.1 Å². The summed E-state index contributed by atoms with van der Waals surface area (Å²) in [6.07, 6.45) is -4.38. The van der Waals surface area contributed by atoms with Gasteiger partial charge in [-0.1, -0.05) is 12.1 Å². The molecule has 0 radical (unpaired) electrons. The van der Waals surface area contributed by atoms with E-state index < -0.39 is 12.8 Å². The van der Waals surface area contributed by atoms with Gasteiger partial charge in [-0.3, -0.25) is 4.99 Å². The number of nitrogens with one attached hydrogen (secondary N) is 2. The molecule has 2 aromatic rings. The average molecular weight is 514 g/mol. The van der Waals surface area contributed by atoms with Gasteiger partial charge in [-0.25, -0.2) is 4.98 Å². The summed E-state index contributed by atoms with van der Waals surface area (Å²) >= 11 is 1.55. The quantitative estimate of drug-likeness (QED) is 0.345. The van der Waals surface area contributed by atoms with Gasteiger partial charge in [-0.15, -0.1) is 35.3 Å². The highest BCUT2D eigenvalue weighted by molar-refractivity contribution is 14.0. The predicted octanol–water partition coefficient (Wildman–Crippen LogP) is 4.18. The molecule has 1 aromatic carbocycles. The zero-order valence-corrected chi connectivity index (χ0v) is 18.3. The van der Waals surface area contributed by atoms with Crippen LogP contribution < -0.4 is 15.4 Å². The second-order valence-corrected chi connectivity index (χ2v) is 6.59. The Balaban J connectivity index is 0.00000364. The highest BCUT2D eigenvalue weighted by atomic mass is 127. The number of benzene rings is 1. The van der Waals surface area contributed by atoms with E-state index in [9.17, 15) is 13.2 Å². The molecule has 0 aliphatic heterocycles. The van der Waals surface area contributed by atoms with E-state index in [-0.39, 0.29) is 36.3 Å².